The lowest BCUT2D eigenvalue weighted by molar-refractivity contribution is 0.619. The third-order valence-corrected chi connectivity index (χ3v) is 4.94. The van der Waals surface area contributed by atoms with Crippen molar-refractivity contribution >= 4 is 27.3 Å². The number of hydrazine groups is 1. The Balaban J connectivity index is 1.95. The Morgan fingerprint density at radius 2 is 2.00 bits per heavy atom. The summed E-state index contributed by atoms with van der Waals surface area (Å²) in [6.07, 6.45) is 1.94. The number of aromatic nitrogens is 2. The van der Waals surface area contributed by atoms with Gasteiger partial charge in [-0.15, -0.1) is 11.3 Å². The molecule has 0 aliphatic carbocycles. The van der Waals surface area contributed by atoms with Gasteiger partial charge in [-0.3, -0.25) is 5.84 Å². The molecule has 0 radical (unpaired) electrons. The van der Waals surface area contributed by atoms with Gasteiger partial charge in [-0.2, -0.15) is 5.10 Å². The van der Waals surface area contributed by atoms with Gasteiger partial charge in [-0.25, -0.2) is 10.1 Å². The van der Waals surface area contributed by atoms with Crippen LogP contribution in [0.2, 0.25) is 0 Å². The molecule has 102 valence electrons. The fourth-order valence-corrected chi connectivity index (χ4v) is 3.70. The van der Waals surface area contributed by atoms with Crippen LogP contribution in [0.4, 0.5) is 0 Å². The molecule has 0 bridgehead atoms. The standard InChI is InChI=1S/C14H13BrN4S/c15-11-7-9-20-14(11)13(17-16)12-6-8-19(18-12)10-4-2-1-3-5-10/h1-9,13,17H,16H2. The van der Waals surface area contributed by atoms with Crippen LogP contribution in [0.5, 0.6) is 0 Å². The minimum Gasteiger partial charge on any atom is -0.270 e. The molecule has 3 N–H and O–H groups in total. The number of nitrogens with one attached hydrogen (secondary N) is 1. The second-order valence-corrected chi connectivity index (χ2v) is 6.06. The van der Waals surface area contributed by atoms with Gasteiger partial charge in [0.25, 0.3) is 0 Å². The van der Waals surface area contributed by atoms with E-state index in [1.807, 2.05) is 58.7 Å². The maximum atomic E-state index is 5.70. The number of rotatable bonds is 4. The molecule has 0 aliphatic heterocycles. The van der Waals surface area contributed by atoms with Crippen molar-refractivity contribution in [3.8, 4) is 5.69 Å². The lowest BCUT2D eigenvalue weighted by Crippen LogP contribution is -2.28. The first-order valence-corrected chi connectivity index (χ1v) is 7.77. The van der Waals surface area contributed by atoms with Crippen molar-refractivity contribution in [3.63, 3.8) is 0 Å². The Labute approximate surface area is 129 Å². The number of nitrogens with zero attached hydrogens (tertiary/aromatic N) is 2. The number of nitrogens with two attached hydrogens (primary N) is 1. The van der Waals surface area contributed by atoms with Crippen molar-refractivity contribution in [2.24, 2.45) is 5.84 Å². The molecular weight excluding hydrogens is 336 g/mol. The molecule has 3 rings (SSSR count). The highest BCUT2D eigenvalue weighted by Crippen LogP contribution is 2.32. The second-order valence-electron chi connectivity index (χ2n) is 4.25. The van der Waals surface area contributed by atoms with Gasteiger partial charge in [0.15, 0.2) is 0 Å². The first kappa shape index (κ1) is 13.5. The molecule has 3 aromatic rings. The summed E-state index contributed by atoms with van der Waals surface area (Å²) in [7, 11) is 0. The van der Waals surface area contributed by atoms with E-state index >= 15 is 0 Å². The van der Waals surface area contributed by atoms with Crippen LogP contribution < -0.4 is 11.3 Å². The number of benzene rings is 1. The van der Waals surface area contributed by atoms with E-state index in [0.29, 0.717) is 0 Å². The Kier molecular flexibility index (Phi) is 3.98. The van der Waals surface area contributed by atoms with E-state index in [0.717, 1.165) is 20.7 Å². The van der Waals surface area contributed by atoms with Crippen LogP contribution in [-0.2, 0) is 0 Å². The van der Waals surface area contributed by atoms with E-state index in [2.05, 4.69) is 26.5 Å². The van der Waals surface area contributed by atoms with Crippen molar-refractivity contribution < 1.29 is 0 Å². The Morgan fingerprint density at radius 1 is 1.20 bits per heavy atom. The van der Waals surface area contributed by atoms with Crippen LogP contribution >= 0.6 is 27.3 Å². The van der Waals surface area contributed by atoms with E-state index in [4.69, 9.17) is 5.84 Å². The highest BCUT2D eigenvalue weighted by atomic mass is 79.9. The lowest BCUT2D eigenvalue weighted by atomic mass is 10.2. The molecule has 0 saturated carbocycles. The van der Waals surface area contributed by atoms with E-state index in [9.17, 15) is 0 Å². The molecular formula is C14H13BrN4S. The van der Waals surface area contributed by atoms with Gasteiger partial charge in [0.05, 0.1) is 11.4 Å². The van der Waals surface area contributed by atoms with Crippen molar-refractivity contribution in [2.45, 2.75) is 6.04 Å². The zero-order valence-corrected chi connectivity index (χ0v) is 12.9. The summed E-state index contributed by atoms with van der Waals surface area (Å²) < 4.78 is 2.89. The van der Waals surface area contributed by atoms with Crippen LogP contribution in [-0.4, -0.2) is 9.78 Å². The average Bonchev–Trinajstić information content (AvgIpc) is 3.12. The third kappa shape index (κ3) is 2.55. The van der Waals surface area contributed by atoms with Gasteiger partial charge in [-0.05, 0) is 45.6 Å². The normalized spacial score (nSPS) is 12.5. The Hall–Kier alpha value is -1.47. The first-order valence-electron chi connectivity index (χ1n) is 6.09. The van der Waals surface area contributed by atoms with Gasteiger partial charge < -0.3 is 0 Å². The summed E-state index contributed by atoms with van der Waals surface area (Å²) in [5.74, 6) is 5.70. The molecule has 6 heteroatoms. The Bertz CT molecular complexity index is 692. The molecule has 0 fully saturated rings. The summed E-state index contributed by atoms with van der Waals surface area (Å²) in [6.45, 7) is 0. The number of hydrogen-bond acceptors (Lipinski definition) is 4. The van der Waals surface area contributed by atoms with Crippen LogP contribution in [0.1, 0.15) is 16.6 Å². The lowest BCUT2D eigenvalue weighted by Gasteiger charge is -2.12. The highest BCUT2D eigenvalue weighted by Gasteiger charge is 2.19. The third-order valence-electron chi connectivity index (χ3n) is 3.00. The summed E-state index contributed by atoms with van der Waals surface area (Å²) in [4.78, 5) is 1.12. The summed E-state index contributed by atoms with van der Waals surface area (Å²) in [6, 6.07) is 13.9. The molecule has 1 unspecified atom stereocenters. The van der Waals surface area contributed by atoms with Crippen LogP contribution in [0.25, 0.3) is 5.69 Å². The fraction of sp³-hybridized carbons (Fsp3) is 0.0714. The van der Waals surface area contributed by atoms with Gasteiger partial charge >= 0.3 is 0 Å². The van der Waals surface area contributed by atoms with Gasteiger partial charge in [0.2, 0.25) is 0 Å². The molecule has 0 saturated heterocycles. The molecule has 4 nitrogen and oxygen atoms in total. The van der Waals surface area contributed by atoms with Gasteiger partial charge in [-0.1, -0.05) is 18.2 Å². The predicted octanol–water partition coefficient (Wildman–Crippen LogP) is 3.25. The fourth-order valence-electron chi connectivity index (χ4n) is 2.02. The van der Waals surface area contributed by atoms with Crippen LogP contribution in [0, 0.1) is 0 Å². The molecule has 1 aromatic carbocycles. The zero-order chi connectivity index (χ0) is 13.9. The first-order chi connectivity index (χ1) is 9.79. The molecule has 20 heavy (non-hydrogen) atoms. The van der Waals surface area contributed by atoms with Crippen molar-refractivity contribution in [1.29, 1.82) is 0 Å². The Morgan fingerprint density at radius 3 is 2.65 bits per heavy atom. The average molecular weight is 349 g/mol. The maximum absolute atomic E-state index is 5.70. The van der Waals surface area contributed by atoms with Crippen molar-refractivity contribution in [1.82, 2.24) is 15.2 Å². The number of para-hydroxylation sites is 1. The van der Waals surface area contributed by atoms with E-state index in [1.165, 1.54) is 0 Å². The highest BCUT2D eigenvalue weighted by molar-refractivity contribution is 9.10. The molecule has 0 spiro atoms. The van der Waals surface area contributed by atoms with Crippen LogP contribution in [0.15, 0.2) is 58.5 Å². The second kappa shape index (κ2) is 5.88. The topological polar surface area (TPSA) is 55.9 Å². The van der Waals surface area contributed by atoms with Gasteiger partial charge in [0, 0.05) is 15.5 Å². The van der Waals surface area contributed by atoms with Crippen molar-refractivity contribution in [2.75, 3.05) is 0 Å². The predicted molar refractivity (Wildman–Crippen MR) is 84.7 cm³/mol. The summed E-state index contributed by atoms with van der Waals surface area (Å²) >= 11 is 5.18. The molecule has 0 aliphatic rings. The maximum Gasteiger partial charge on any atom is 0.100 e. The molecule has 1 atom stereocenters. The minimum absolute atomic E-state index is 0.116. The number of hydrogen-bond donors (Lipinski definition) is 2. The minimum atomic E-state index is -0.116. The zero-order valence-electron chi connectivity index (χ0n) is 10.5. The molecule has 0 amide bonds. The molecule has 2 heterocycles. The molecule has 2 aromatic heterocycles. The summed E-state index contributed by atoms with van der Waals surface area (Å²) in [5.41, 5.74) is 4.75. The quantitative estimate of drug-likeness (QED) is 0.562. The summed E-state index contributed by atoms with van der Waals surface area (Å²) in [5, 5.41) is 6.63. The van der Waals surface area contributed by atoms with E-state index in [1.54, 1.807) is 11.3 Å². The number of halogens is 1. The monoisotopic (exact) mass is 348 g/mol. The smallest absolute Gasteiger partial charge is 0.100 e. The van der Waals surface area contributed by atoms with Crippen LogP contribution in [0.3, 0.4) is 0 Å². The number of thiophene rings is 1. The van der Waals surface area contributed by atoms with Gasteiger partial charge in [0.1, 0.15) is 6.04 Å². The van der Waals surface area contributed by atoms with E-state index < -0.39 is 0 Å². The largest absolute Gasteiger partial charge is 0.270 e. The van der Waals surface area contributed by atoms with E-state index in [-0.39, 0.29) is 6.04 Å². The van der Waals surface area contributed by atoms with Crippen molar-refractivity contribution in [3.05, 3.63) is 69.1 Å². The SMILES string of the molecule is NNC(c1ccn(-c2ccccc2)n1)c1sccc1Br.